The summed E-state index contributed by atoms with van der Waals surface area (Å²) in [4.78, 5) is 2.30. The maximum atomic E-state index is 9.70. The van der Waals surface area contributed by atoms with Crippen LogP contribution in [0.3, 0.4) is 0 Å². The number of hydrogen-bond donors (Lipinski definition) is 1. The monoisotopic (exact) mass is 319 g/mol. The average molecular weight is 319 g/mol. The van der Waals surface area contributed by atoms with E-state index in [2.05, 4.69) is 34.7 Å². The first-order valence-electron chi connectivity index (χ1n) is 7.55. The number of rotatable bonds is 7. The van der Waals surface area contributed by atoms with Gasteiger partial charge in [0.1, 0.15) is 0 Å². The number of para-hydroxylation sites is 1. The van der Waals surface area contributed by atoms with Crippen LogP contribution in [0.5, 0.6) is 11.5 Å². The van der Waals surface area contributed by atoms with Crippen molar-refractivity contribution in [3.63, 3.8) is 0 Å². The SMILES string of the molecule is CC[C@H](CO)N(Cc1ccsc1)Cc1cccc2c1OCO2. The van der Waals surface area contributed by atoms with Crippen molar-refractivity contribution in [2.75, 3.05) is 13.4 Å². The first-order chi connectivity index (χ1) is 10.8. The van der Waals surface area contributed by atoms with Crippen molar-refractivity contribution in [3.8, 4) is 11.5 Å². The molecule has 0 radical (unpaired) electrons. The zero-order valence-electron chi connectivity index (χ0n) is 12.7. The summed E-state index contributed by atoms with van der Waals surface area (Å²) < 4.78 is 11.1. The predicted octanol–water partition coefficient (Wildman–Crippen LogP) is 3.25. The third-order valence-electron chi connectivity index (χ3n) is 4.02. The first kappa shape index (κ1) is 15.3. The summed E-state index contributed by atoms with van der Waals surface area (Å²) in [7, 11) is 0. The van der Waals surface area contributed by atoms with E-state index < -0.39 is 0 Å². The Morgan fingerprint density at radius 1 is 1.27 bits per heavy atom. The molecule has 1 aromatic heterocycles. The number of aliphatic hydroxyl groups excluding tert-OH is 1. The lowest BCUT2D eigenvalue weighted by atomic mass is 10.1. The van der Waals surface area contributed by atoms with E-state index >= 15 is 0 Å². The molecule has 0 fully saturated rings. The summed E-state index contributed by atoms with van der Waals surface area (Å²) in [5.41, 5.74) is 2.39. The lowest BCUT2D eigenvalue weighted by molar-refractivity contribution is 0.105. The Kier molecular flexibility index (Phi) is 4.97. The van der Waals surface area contributed by atoms with Gasteiger partial charge in [-0.15, -0.1) is 0 Å². The number of nitrogens with zero attached hydrogens (tertiary/aromatic N) is 1. The van der Waals surface area contributed by atoms with Crippen LogP contribution in [0.1, 0.15) is 24.5 Å². The van der Waals surface area contributed by atoms with Gasteiger partial charge in [-0.3, -0.25) is 4.90 Å². The van der Waals surface area contributed by atoms with E-state index in [1.807, 2.05) is 12.1 Å². The molecule has 1 aliphatic heterocycles. The average Bonchev–Trinajstić information content (AvgIpc) is 3.19. The molecular formula is C17H21NO3S. The summed E-state index contributed by atoms with van der Waals surface area (Å²) in [6, 6.07) is 8.26. The molecule has 0 saturated carbocycles. The fraction of sp³-hybridized carbons (Fsp3) is 0.412. The van der Waals surface area contributed by atoms with Gasteiger partial charge in [-0.05, 0) is 34.9 Å². The Labute approximate surface area is 134 Å². The highest BCUT2D eigenvalue weighted by molar-refractivity contribution is 7.07. The summed E-state index contributed by atoms with van der Waals surface area (Å²) in [5, 5.41) is 13.9. The van der Waals surface area contributed by atoms with E-state index in [0.29, 0.717) is 0 Å². The van der Waals surface area contributed by atoms with Gasteiger partial charge in [0.2, 0.25) is 6.79 Å². The second-order valence-electron chi connectivity index (χ2n) is 5.43. The summed E-state index contributed by atoms with van der Waals surface area (Å²) in [6.45, 7) is 4.12. The smallest absolute Gasteiger partial charge is 0.231 e. The molecule has 118 valence electrons. The molecule has 0 bridgehead atoms. The molecule has 0 aliphatic carbocycles. The molecular weight excluding hydrogens is 298 g/mol. The van der Waals surface area contributed by atoms with Gasteiger partial charge < -0.3 is 14.6 Å². The maximum Gasteiger partial charge on any atom is 0.231 e. The fourth-order valence-corrected chi connectivity index (χ4v) is 3.43. The van der Waals surface area contributed by atoms with E-state index in [1.165, 1.54) is 5.56 Å². The molecule has 0 spiro atoms. The van der Waals surface area contributed by atoms with Gasteiger partial charge in [0, 0.05) is 24.7 Å². The molecule has 1 atom stereocenters. The molecule has 2 aromatic rings. The van der Waals surface area contributed by atoms with Crippen LogP contribution in [0.25, 0.3) is 0 Å². The minimum Gasteiger partial charge on any atom is -0.454 e. The Morgan fingerprint density at radius 2 is 2.18 bits per heavy atom. The summed E-state index contributed by atoms with van der Waals surface area (Å²) >= 11 is 1.70. The number of aliphatic hydroxyl groups is 1. The second-order valence-corrected chi connectivity index (χ2v) is 6.21. The van der Waals surface area contributed by atoms with Gasteiger partial charge in [-0.2, -0.15) is 11.3 Å². The Bertz CT molecular complexity index is 596. The molecule has 5 heteroatoms. The molecule has 22 heavy (non-hydrogen) atoms. The maximum absolute atomic E-state index is 9.70. The molecule has 0 amide bonds. The lowest BCUT2D eigenvalue weighted by Crippen LogP contribution is -2.36. The van der Waals surface area contributed by atoms with E-state index in [0.717, 1.165) is 36.6 Å². The molecule has 2 heterocycles. The van der Waals surface area contributed by atoms with Crippen molar-refractivity contribution >= 4 is 11.3 Å². The van der Waals surface area contributed by atoms with Gasteiger partial charge in [0.05, 0.1) is 6.61 Å². The predicted molar refractivity (Wildman–Crippen MR) is 87.3 cm³/mol. The lowest BCUT2D eigenvalue weighted by Gasteiger charge is -2.30. The number of fused-ring (bicyclic) bond motifs is 1. The number of ether oxygens (including phenoxy) is 2. The Morgan fingerprint density at radius 3 is 2.91 bits per heavy atom. The largest absolute Gasteiger partial charge is 0.454 e. The minimum absolute atomic E-state index is 0.137. The van der Waals surface area contributed by atoms with Crippen molar-refractivity contribution in [2.24, 2.45) is 0 Å². The number of benzene rings is 1. The van der Waals surface area contributed by atoms with E-state index in [1.54, 1.807) is 11.3 Å². The van der Waals surface area contributed by atoms with Crippen molar-refractivity contribution in [1.82, 2.24) is 4.90 Å². The van der Waals surface area contributed by atoms with E-state index in [9.17, 15) is 5.11 Å². The standard InChI is InChI=1S/C17H21NO3S/c1-2-15(10-19)18(8-13-6-7-22-11-13)9-14-4-3-5-16-17(14)21-12-20-16/h3-7,11,15,19H,2,8-10,12H2,1H3/t15-/m1/s1. The minimum atomic E-state index is 0.137. The highest BCUT2D eigenvalue weighted by Gasteiger charge is 2.22. The van der Waals surface area contributed by atoms with Crippen molar-refractivity contribution in [2.45, 2.75) is 32.5 Å². The summed E-state index contributed by atoms with van der Waals surface area (Å²) in [5.74, 6) is 1.65. The van der Waals surface area contributed by atoms with Crippen molar-refractivity contribution in [1.29, 1.82) is 0 Å². The van der Waals surface area contributed by atoms with E-state index in [4.69, 9.17) is 9.47 Å². The highest BCUT2D eigenvalue weighted by atomic mass is 32.1. The first-order valence-corrected chi connectivity index (χ1v) is 8.49. The Hall–Kier alpha value is -1.56. The van der Waals surface area contributed by atoms with Gasteiger partial charge in [0.15, 0.2) is 11.5 Å². The quantitative estimate of drug-likeness (QED) is 0.850. The Balaban J connectivity index is 1.82. The van der Waals surface area contributed by atoms with Crippen molar-refractivity contribution in [3.05, 3.63) is 46.2 Å². The van der Waals surface area contributed by atoms with Crippen LogP contribution in [0.2, 0.25) is 0 Å². The fourth-order valence-electron chi connectivity index (χ4n) is 2.77. The van der Waals surface area contributed by atoms with Gasteiger partial charge in [-0.1, -0.05) is 19.1 Å². The van der Waals surface area contributed by atoms with Crippen LogP contribution >= 0.6 is 11.3 Å². The van der Waals surface area contributed by atoms with Crippen LogP contribution in [0.4, 0.5) is 0 Å². The highest BCUT2D eigenvalue weighted by Crippen LogP contribution is 2.36. The van der Waals surface area contributed by atoms with E-state index in [-0.39, 0.29) is 19.4 Å². The molecule has 3 rings (SSSR count). The second kappa shape index (κ2) is 7.13. The third kappa shape index (κ3) is 3.27. The van der Waals surface area contributed by atoms with Crippen LogP contribution in [0, 0.1) is 0 Å². The zero-order chi connectivity index (χ0) is 15.4. The van der Waals surface area contributed by atoms with Gasteiger partial charge in [0.25, 0.3) is 0 Å². The normalized spacial score (nSPS) is 14.5. The molecule has 0 saturated heterocycles. The van der Waals surface area contributed by atoms with Crippen LogP contribution in [-0.2, 0) is 13.1 Å². The van der Waals surface area contributed by atoms with Crippen LogP contribution in [0.15, 0.2) is 35.0 Å². The van der Waals surface area contributed by atoms with Crippen LogP contribution in [-0.4, -0.2) is 29.4 Å². The third-order valence-corrected chi connectivity index (χ3v) is 4.75. The van der Waals surface area contributed by atoms with Crippen LogP contribution < -0.4 is 9.47 Å². The zero-order valence-corrected chi connectivity index (χ0v) is 13.5. The summed E-state index contributed by atoms with van der Waals surface area (Å²) in [6.07, 6.45) is 0.910. The number of thiophene rings is 1. The molecule has 4 nitrogen and oxygen atoms in total. The van der Waals surface area contributed by atoms with Crippen molar-refractivity contribution < 1.29 is 14.6 Å². The molecule has 0 unspecified atom stereocenters. The number of hydrogen-bond acceptors (Lipinski definition) is 5. The molecule has 1 N–H and O–H groups in total. The topological polar surface area (TPSA) is 41.9 Å². The molecule has 1 aromatic carbocycles. The molecule has 1 aliphatic rings. The van der Waals surface area contributed by atoms with Gasteiger partial charge in [-0.25, -0.2) is 0 Å². The van der Waals surface area contributed by atoms with Gasteiger partial charge >= 0.3 is 0 Å².